The number of benzene rings is 4. The Hall–Kier alpha value is -4.36. The van der Waals surface area contributed by atoms with Gasteiger partial charge in [0.1, 0.15) is 0 Å². The van der Waals surface area contributed by atoms with Crippen LogP contribution in [0.2, 0.25) is 0 Å². The highest BCUT2D eigenvalue weighted by molar-refractivity contribution is 6.11. The lowest BCUT2D eigenvalue weighted by atomic mass is 9.73. The minimum Gasteiger partial charge on any atom is -0.310 e. The van der Waals surface area contributed by atoms with E-state index < -0.39 is 0 Å². The molecule has 0 radical (unpaired) electrons. The van der Waals surface area contributed by atoms with Gasteiger partial charge in [-0.25, -0.2) is 0 Å². The molecule has 0 saturated carbocycles. The van der Waals surface area contributed by atoms with Crippen molar-refractivity contribution in [3.8, 4) is 0 Å². The van der Waals surface area contributed by atoms with E-state index in [1.165, 1.54) is 72.9 Å². The van der Waals surface area contributed by atoms with Crippen molar-refractivity contribution >= 4 is 33.1 Å². The maximum absolute atomic E-state index is 2.49. The van der Waals surface area contributed by atoms with Crippen LogP contribution in [0, 0.1) is 25.2 Å². The average molecular weight is 632 g/mol. The highest BCUT2D eigenvalue weighted by Crippen LogP contribution is 2.46. The number of para-hydroxylation sites is 1. The third-order valence-corrected chi connectivity index (χ3v) is 11.0. The molecule has 0 amide bonds. The maximum Gasteiger partial charge on any atom is 0.0541 e. The van der Waals surface area contributed by atoms with Crippen molar-refractivity contribution in [2.45, 2.75) is 86.5 Å². The standard InChI is InChI=1S/C47H53N/c1-9-33(2)18-12-10-11-13-20-36-30-37(25-24-34(36)3)47(7,8)38-26-27-45-42(31-38)41-22-16-17-23-44(41)48(45)39-28-29-46(5,6)43(32-39)40-21-15-14-19-35(40)4/h10-17,19,21-28,30-33H,9,18,20,29H2,1-8H3/b12-10-,13-11-. The first-order valence-corrected chi connectivity index (χ1v) is 18.0. The Balaban J connectivity index is 1.37. The third kappa shape index (κ3) is 6.53. The summed E-state index contributed by atoms with van der Waals surface area (Å²) in [6, 6.07) is 32.0. The summed E-state index contributed by atoms with van der Waals surface area (Å²) in [6.45, 7) is 18.5. The van der Waals surface area contributed by atoms with Crippen LogP contribution in [0.5, 0.6) is 0 Å². The fraction of sp³-hybridized carbons (Fsp3) is 0.319. The first-order valence-electron chi connectivity index (χ1n) is 18.0. The van der Waals surface area contributed by atoms with E-state index in [-0.39, 0.29) is 10.8 Å². The van der Waals surface area contributed by atoms with Gasteiger partial charge in [0.05, 0.1) is 11.0 Å². The van der Waals surface area contributed by atoms with Gasteiger partial charge in [0.15, 0.2) is 0 Å². The zero-order valence-electron chi connectivity index (χ0n) is 30.4. The second-order valence-electron chi connectivity index (χ2n) is 15.3. The number of fused-ring (bicyclic) bond motifs is 3. The van der Waals surface area contributed by atoms with Crippen LogP contribution in [-0.2, 0) is 11.8 Å². The summed E-state index contributed by atoms with van der Waals surface area (Å²) in [5.74, 6) is 0.747. The maximum atomic E-state index is 2.49. The highest BCUT2D eigenvalue weighted by Gasteiger charge is 2.30. The number of allylic oxidation sites excluding steroid dienone is 8. The lowest BCUT2D eigenvalue weighted by Gasteiger charge is -2.32. The first kappa shape index (κ1) is 33.5. The summed E-state index contributed by atoms with van der Waals surface area (Å²) in [5, 5.41) is 2.62. The fourth-order valence-electron chi connectivity index (χ4n) is 7.26. The van der Waals surface area contributed by atoms with Crippen molar-refractivity contribution in [3.05, 3.63) is 155 Å². The van der Waals surface area contributed by atoms with E-state index in [9.17, 15) is 0 Å². The van der Waals surface area contributed by atoms with E-state index in [0.29, 0.717) is 0 Å². The molecule has 0 saturated heterocycles. The molecule has 0 fully saturated rings. The average Bonchev–Trinajstić information content (AvgIpc) is 3.41. The molecule has 0 spiro atoms. The van der Waals surface area contributed by atoms with Crippen LogP contribution in [0.4, 0.5) is 0 Å². The summed E-state index contributed by atoms with van der Waals surface area (Å²) < 4.78 is 2.49. The quantitative estimate of drug-likeness (QED) is 0.135. The molecule has 1 atom stereocenters. The number of aryl methyl sites for hydroxylation is 2. The Bertz CT molecular complexity index is 2070. The minimum atomic E-state index is -0.147. The van der Waals surface area contributed by atoms with Crippen molar-refractivity contribution in [2.24, 2.45) is 11.3 Å². The molecular formula is C47H53N. The molecule has 1 aromatic heterocycles. The van der Waals surface area contributed by atoms with E-state index in [1.54, 1.807) is 0 Å². The molecule has 0 N–H and O–H groups in total. The van der Waals surface area contributed by atoms with E-state index in [2.05, 4.69) is 181 Å². The molecule has 0 bridgehead atoms. The number of aromatic nitrogens is 1. The molecular weight excluding hydrogens is 579 g/mol. The van der Waals surface area contributed by atoms with Crippen LogP contribution in [0.15, 0.2) is 121 Å². The SMILES string of the molecule is CCC(C)C/C=C\C=C/Cc1cc(C(C)(C)c2ccc3c(c2)c2ccccc2n3C2=CCC(C)(C)C(c3ccccc3C)=C2)ccc1C. The zero-order chi connectivity index (χ0) is 34.1. The van der Waals surface area contributed by atoms with E-state index in [1.807, 2.05) is 0 Å². The van der Waals surface area contributed by atoms with Gasteiger partial charge in [-0.2, -0.15) is 0 Å². The van der Waals surface area contributed by atoms with Crippen molar-refractivity contribution < 1.29 is 0 Å². The molecule has 1 aliphatic carbocycles. The smallest absolute Gasteiger partial charge is 0.0541 e. The monoisotopic (exact) mass is 631 g/mol. The van der Waals surface area contributed by atoms with Crippen molar-refractivity contribution in [1.82, 2.24) is 4.57 Å². The fourth-order valence-corrected chi connectivity index (χ4v) is 7.26. The van der Waals surface area contributed by atoms with Gasteiger partial charge in [-0.05, 0) is 108 Å². The highest BCUT2D eigenvalue weighted by atomic mass is 15.0. The number of nitrogens with zero attached hydrogens (tertiary/aromatic N) is 1. The molecule has 1 heterocycles. The van der Waals surface area contributed by atoms with Gasteiger partial charge in [0.25, 0.3) is 0 Å². The van der Waals surface area contributed by atoms with E-state index >= 15 is 0 Å². The minimum absolute atomic E-state index is 0.0677. The Morgan fingerprint density at radius 2 is 1.48 bits per heavy atom. The van der Waals surface area contributed by atoms with Gasteiger partial charge in [0.2, 0.25) is 0 Å². The van der Waals surface area contributed by atoms with Crippen LogP contribution in [0.1, 0.15) is 94.2 Å². The van der Waals surface area contributed by atoms with E-state index in [0.717, 1.165) is 25.2 Å². The lowest BCUT2D eigenvalue weighted by Crippen LogP contribution is -2.19. The number of rotatable bonds is 10. The largest absolute Gasteiger partial charge is 0.310 e. The molecule has 5 aromatic rings. The Morgan fingerprint density at radius 3 is 2.27 bits per heavy atom. The zero-order valence-corrected chi connectivity index (χ0v) is 30.4. The first-order chi connectivity index (χ1) is 23.0. The number of hydrogen-bond donors (Lipinski definition) is 0. The lowest BCUT2D eigenvalue weighted by molar-refractivity contribution is 0.505. The Morgan fingerprint density at radius 1 is 0.792 bits per heavy atom. The van der Waals surface area contributed by atoms with Crippen LogP contribution in [0.25, 0.3) is 33.1 Å². The van der Waals surface area contributed by atoms with Gasteiger partial charge in [0, 0.05) is 21.9 Å². The molecule has 1 nitrogen and oxygen atoms in total. The summed E-state index contributed by atoms with van der Waals surface area (Å²) in [5.41, 5.74) is 13.2. The second-order valence-corrected chi connectivity index (χ2v) is 15.3. The normalized spacial score (nSPS) is 15.8. The van der Waals surface area contributed by atoms with Crippen molar-refractivity contribution in [3.63, 3.8) is 0 Å². The molecule has 48 heavy (non-hydrogen) atoms. The molecule has 0 aliphatic heterocycles. The van der Waals surface area contributed by atoms with Crippen LogP contribution in [-0.4, -0.2) is 4.57 Å². The third-order valence-electron chi connectivity index (χ3n) is 11.0. The predicted molar refractivity (Wildman–Crippen MR) is 211 cm³/mol. The second kappa shape index (κ2) is 13.6. The van der Waals surface area contributed by atoms with Crippen molar-refractivity contribution in [1.29, 1.82) is 0 Å². The summed E-state index contributed by atoms with van der Waals surface area (Å²) in [7, 11) is 0. The molecule has 1 heteroatoms. The van der Waals surface area contributed by atoms with Crippen LogP contribution < -0.4 is 0 Å². The Kier molecular flexibility index (Phi) is 9.53. The van der Waals surface area contributed by atoms with Crippen LogP contribution in [0.3, 0.4) is 0 Å². The predicted octanol–water partition coefficient (Wildman–Crippen LogP) is 13.2. The number of hydrogen-bond acceptors (Lipinski definition) is 0. The van der Waals surface area contributed by atoms with E-state index in [4.69, 9.17) is 0 Å². The van der Waals surface area contributed by atoms with Crippen LogP contribution >= 0.6 is 0 Å². The van der Waals surface area contributed by atoms with Gasteiger partial charge >= 0.3 is 0 Å². The molecule has 1 unspecified atom stereocenters. The van der Waals surface area contributed by atoms with Gasteiger partial charge in [-0.1, -0.05) is 145 Å². The van der Waals surface area contributed by atoms with Gasteiger partial charge < -0.3 is 4.57 Å². The summed E-state index contributed by atoms with van der Waals surface area (Å²) in [4.78, 5) is 0. The Labute approximate surface area is 289 Å². The van der Waals surface area contributed by atoms with Gasteiger partial charge in [-0.15, -0.1) is 0 Å². The molecule has 246 valence electrons. The molecule has 1 aliphatic rings. The summed E-state index contributed by atoms with van der Waals surface area (Å²) in [6.07, 6.45) is 18.2. The molecule has 4 aromatic carbocycles. The van der Waals surface area contributed by atoms with Crippen molar-refractivity contribution in [2.75, 3.05) is 0 Å². The van der Waals surface area contributed by atoms with Gasteiger partial charge in [-0.3, -0.25) is 0 Å². The topological polar surface area (TPSA) is 4.93 Å². The summed E-state index contributed by atoms with van der Waals surface area (Å²) >= 11 is 0. The molecule has 6 rings (SSSR count).